The number of pyridine rings is 1. The summed E-state index contributed by atoms with van der Waals surface area (Å²) in [6, 6.07) is 4.30. The van der Waals surface area contributed by atoms with Crippen molar-refractivity contribution in [3.05, 3.63) is 29.6 Å². The molecule has 1 heterocycles. The normalized spacial score (nSPS) is 17.9. The molecule has 0 bridgehead atoms. The van der Waals surface area contributed by atoms with Gasteiger partial charge in [0.05, 0.1) is 0 Å². The maximum Gasteiger partial charge on any atom is 0.0469 e. The highest BCUT2D eigenvalue weighted by atomic mass is 14.7. The molecule has 0 aromatic carbocycles. The first-order chi connectivity index (χ1) is 6.79. The van der Waals surface area contributed by atoms with E-state index < -0.39 is 0 Å². The van der Waals surface area contributed by atoms with E-state index in [0.717, 1.165) is 5.92 Å². The molecule has 0 amide bonds. The van der Waals surface area contributed by atoms with Gasteiger partial charge in [-0.2, -0.15) is 0 Å². The van der Waals surface area contributed by atoms with Crippen LogP contribution < -0.4 is 0 Å². The Morgan fingerprint density at radius 3 is 2.64 bits per heavy atom. The molecule has 0 aliphatic heterocycles. The molecular formula is C13H19N. The molecule has 1 nitrogen and oxygen atoms in total. The summed E-state index contributed by atoms with van der Waals surface area (Å²) in [5, 5.41) is 0. The Balaban J connectivity index is 2.30. The summed E-state index contributed by atoms with van der Waals surface area (Å²) in [6.07, 6.45) is 7.41. The number of nitrogens with zero attached hydrogens (tertiary/aromatic N) is 1. The Labute approximate surface area is 86.6 Å². The van der Waals surface area contributed by atoms with Gasteiger partial charge in [0.1, 0.15) is 0 Å². The van der Waals surface area contributed by atoms with E-state index in [9.17, 15) is 0 Å². The van der Waals surface area contributed by atoms with Gasteiger partial charge in [-0.3, -0.25) is 4.98 Å². The Morgan fingerprint density at radius 1 is 1.29 bits per heavy atom. The Bertz CT molecular complexity index is 298. The van der Waals surface area contributed by atoms with Crippen molar-refractivity contribution in [2.24, 2.45) is 0 Å². The second kappa shape index (κ2) is 4.12. The highest BCUT2D eigenvalue weighted by molar-refractivity contribution is 5.26. The summed E-state index contributed by atoms with van der Waals surface area (Å²) in [4.78, 5) is 4.58. The van der Waals surface area contributed by atoms with Gasteiger partial charge < -0.3 is 0 Å². The molecule has 1 aliphatic rings. The molecule has 1 aromatic rings. The van der Waals surface area contributed by atoms with Gasteiger partial charge in [0.25, 0.3) is 0 Å². The average molecular weight is 189 g/mol. The summed E-state index contributed by atoms with van der Waals surface area (Å²) in [7, 11) is 0. The lowest BCUT2D eigenvalue weighted by atomic mass is 9.93. The van der Waals surface area contributed by atoms with Crippen LogP contribution in [0.1, 0.15) is 62.6 Å². The number of hydrogen-bond donors (Lipinski definition) is 0. The van der Waals surface area contributed by atoms with E-state index in [0.29, 0.717) is 5.92 Å². The summed E-state index contributed by atoms with van der Waals surface area (Å²) >= 11 is 0. The van der Waals surface area contributed by atoms with Gasteiger partial charge in [-0.15, -0.1) is 0 Å². The number of hydrogen-bond acceptors (Lipinski definition) is 1. The van der Waals surface area contributed by atoms with Crippen LogP contribution in [-0.4, -0.2) is 4.98 Å². The summed E-state index contributed by atoms with van der Waals surface area (Å²) in [5.41, 5.74) is 2.83. The average Bonchev–Trinajstić information content (AvgIpc) is 2.70. The predicted octanol–water partition coefficient (Wildman–Crippen LogP) is 3.86. The molecule has 1 aromatic heterocycles. The third-order valence-electron chi connectivity index (χ3n) is 3.24. The van der Waals surface area contributed by atoms with Crippen molar-refractivity contribution in [1.29, 1.82) is 0 Å². The quantitative estimate of drug-likeness (QED) is 0.688. The SMILES string of the molecule is CC(C)c1cccnc1C1CCCC1. The van der Waals surface area contributed by atoms with Crippen LogP contribution in [-0.2, 0) is 0 Å². The predicted molar refractivity (Wildman–Crippen MR) is 59.5 cm³/mol. The fraction of sp³-hybridized carbons (Fsp3) is 0.615. The van der Waals surface area contributed by atoms with Crippen LogP contribution >= 0.6 is 0 Å². The molecule has 1 saturated carbocycles. The van der Waals surface area contributed by atoms with Crippen molar-refractivity contribution in [2.75, 3.05) is 0 Å². The molecule has 0 radical (unpaired) electrons. The monoisotopic (exact) mass is 189 g/mol. The van der Waals surface area contributed by atoms with Gasteiger partial charge in [-0.1, -0.05) is 32.8 Å². The molecular weight excluding hydrogens is 170 g/mol. The fourth-order valence-electron chi connectivity index (χ4n) is 2.46. The van der Waals surface area contributed by atoms with E-state index >= 15 is 0 Å². The van der Waals surface area contributed by atoms with Crippen molar-refractivity contribution in [3.8, 4) is 0 Å². The standard InChI is InChI=1S/C13H19N/c1-10(2)12-8-5-9-14-13(12)11-6-3-4-7-11/h5,8-11H,3-4,6-7H2,1-2H3. The van der Waals surface area contributed by atoms with Crippen molar-refractivity contribution >= 4 is 0 Å². The molecule has 14 heavy (non-hydrogen) atoms. The largest absolute Gasteiger partial charge is 0.261 e. The third kappa shape index (κ3) is 1.82. The van der Waals surface area contributed by atoms with Crippen LogP contribution in [0.5, 0.6) is 0 Å². The van der Waals surface area contributed by atoms with Crippen molar-refractivity contribution in [3.63, 3.8) is 0 Å². The van der Waals surface area contributed by atoms with Crippen LogP contribution in [0.3, 0.4) is 0 Å². The van der Waals surface area contributed by atoms with Crippen LogP contribution in [0.4, 0.5) is 0 Å². The van der Waals surface area contributed by atoms with Crippen LogP contribution in [0.15, 0.2) is 18.3 Å². The van der Waals surface area contributed by atoms with Crippen LogP contribution in [0.25, 0.3) is 0 Å². The molecule has 0 spiro atoms. The molecule has 0 unspecified atom stereocenters. The summed E-state index contributed by atoms with van der Waals surface area (Å²) in [6.45, 7) is 4.52. The zero-order valence-electron chi connectivity index (χ0n) is 9.16. The third-order valence-corrected chi connectivity index (χ3v) is 3.24. The van der Waals surface area contributed by atoms with E-state index in [4.69, 9.17) is 0 Å². The number of aromatic nitrogens is 1. The fourth-order valence-corrected chi connectivity index (χ4v) is 2.46. The molecule has 0 atom stereocenters. The van der Waals surface area contributed by atoms with E-state index in [1.165, 1.54) is 36.9 Å². The zero-order valence-corrected chi connectivity index (χ0v) is 9.16. The molecule has 0 N–H and O–H groups in total. The van der Waals surface area contributed by atoms with E-state index in [1.54, 1.807) is 0 Å². The minimum Gasteiger partial charge on any atom is -0.261 e. The lowest BCUT2D eigenvalue weighted by Gasteiger charge is -2.16. The summed E-state index contributed by atoms with van der Waals surface area (Å²) in [5.74, 6) is 1.35. The van der Waals surface area contributed by atoms with Gasteiger partial charge in [-0.05, 0) is 30.4 Å². The van der Waals surface area contributed by atoms with Crippen molar-refractivity contribution < 1.29 is 0 Å². The lowest BCUT2D eigenvalue weighted by Crippen LogP contribution is -2.03. The van der Waals surface area contributed by atoms with E-state index in [-0.39, 0.29) is 0 Å². The second-order valence-electron chi connectivity index (χ2n) is 4.61. The maximum absolute atomic E-state index is 4.58. The lowest BCUT2D eigenvalue weighted by molar-refractivity contribution is 0.672. The van der Waals surface area contributed by atoms with Crippen LogP contribution in [0, 0.1) is 0 Å². The Hall–Kier alpha value is -0.850. The van der Waals surface area contributed by atoms with Gasteiger partial charge in [-0.25, -0.2) is 0 Å². The molecule has 2 rings (SSSR count). The topological polar surface area (TPSA) is 12.9 Å². The highest BCUT2D eigenvalue weighted by Crippen LogP contribution is 2.36. The van der Waals surface area contributed by atoms with E-state index in [2.05, 4.69) is 31.0 Å². The molecule has 1 aliphatic carbocycles. The minimum absolute atomic E-state index is 0.610. The summed E-state index contributed by atoms with van der Waals surface area (Å²) < 4.78 is 0. The number of rotatable bonds is 2. The highest BCUT2D eigenvalue weighted by Gasteiger charge is 2.21. The van der Waals surface area contributed by atoms with Crippen molar-refractivity contribution in [1.82, 2.24) is 4.98 Å². The first-order valence-electron chi connectivity index (χ1n) is 5.74. The minimum atomic E-state index is 0.610. The second-order valence-corrected chi connectivity index (χ2v) is 4.61. The zero-order chi connectivity index (χ0) is 9.97. The first kappa shape index (κ1) is 9.70. The van der Waals surface area contributed by atoms with Gasteiger partial charge in [0.15, 0.2) is 0 Å². The van der Waals surface area contributed by atoms with Gasteiger partial charge in [0, 0.05) is 17.8 Å². The Morgan fingerprint density at radius 2 is 2.00 bits per heavy atom. The molecule has 76 valence electrons. The Kier molecular flexibility index (Phi) is 2.85. The maximum atomic E-state index is 4.58. The van der Waals surface area contributed by atoms with Crippen molar-refractivity contribution in [2.45, 2.75) is 51.4 Å². The van der Waals surface area contributed by atoms with Gasteiger partial charge >= 0.3 is 0 Å². The first-order valence-corrected chi connectivity index (χ1v) is 5.74. The smallest absolute Gasteiger partial charge is 0.0469 e. The van der Waals surface area contributed by atoms with E-state index in [1.807, 2.05) is 6.20 Å². The van der Waals surface area contributed by atoms with Gasteiger partial charge in [0.2, 0.25) is 0 Å². The van der Waals surface area contributed by atoms with Crippen LogP contribution in [0.2, 0.25) is 0 Å². The molecule has 1 heteroatoms. The molecule has 0 saturated heterocycles. The molecule has 1 fully saturated rings.